The predicted molar refractivity (Wildman–Crippen MR) is 198 cm³/mol. The van der Waals surface area contributed by atoms with Crippen molar-refractivity contribution >= 4 is 100 Å². The Morgan fingerprint density at radius 2 is 1.32 bits per heavy atom. The first-order valence-corrected chi connectivity index (χ1v) is 20.1. The Kier molecular flexibility index (Phi) is 5.60. The van der Waals surface area contributed by atoms with Crippen molar-refractivity contribution in [2.45, 2.75) is 32.4 Å². The highest BCUT2D eigenvalue weighted by Crippen LogP contribution is 2.42. The van der Waals surface area contributed by atoms with Crippen molar-refractivity contribution in [3.8, 4) is 0 Å². The molecule has 0 saturated heterocycles. The van der Waals surface area contributed by atoms with Crippen molar-refractivity contribution < 1.29 is 0 Å². The zero-order chi connectivity index (χ0) is 29.8. The summed E-state index contributed by atoms with van der Waals surface area (Å²) in [7, 11) is -1.95. The van der Waals surface area contributed by atoms with E-state index in [4.69, 9.17) is 0 Å². The highest BCUT2D eigenvalue weighted by atomic mass is 32.1. The zero-order valence-corrected chi connectivity index (χ0v) is 28.0. The van der Waals surface area contributed by atoms with E-state index in [-0.39, 0.29) is 12.1 Å². The van der Waals surface area contributed by atoms with Crippen molar-refractivity contribution in [2.75, 3.05) is 4.90 Å². The molecule has 0 atom stereocenters. The maximum absolute atomic E-state index is 2.59. The van der Waals surface area contributed by atoms with Gasteiger partial charge >= 0.3 is 0 Å². The lowest BCUT2D eigenvalue weighted by Crippen LogP contribution is -2.78. The molecule has 0 radical (unpaired) electrons. The van der Waals surface area contributed by atoms with Crippen molar-refractivity contribution in [2.24, 2.45) is 0 Å². The van der Waals surface area contributed by atoms with E-state index in [9.17, 15) is 0 Å². The molecule has 0 amide bonds. The van der Waals surface area contributed by atoms with Gasteiger partial charge in [-0.25, -0.2) is 0 Å². The van der Waals surface area contributed by atoms with Gasteiger partial charge in [-0.15, -0.1) is 22.7 Å². The molecule has 0 fully saturated rings. The summed E-state index contributed by atoms with van der Waals surface area (Å²) in [4.78, 5) is 2.40. The Morgan fingerprint density at radius 3 is 2.05 bits per heavy atom. The van der Waals surface area contributed by atoms with Crippen molar-refractivity contribution in [3.63, 3.8) is 0 Å². The maximum atomic E-state index is 2.59. The molecule has 9 rings (SSSR count). The number of hydrogen-bond donors (Lipinski definition) is 0. The van der Waals surface area contributed by atoms with Crippen LogP contribution in [0.5, 0.6) is 0 Å². The van der Waals surface area contributed by atoms with Crippen LogP contribution in [-0.4, -0.2) is 14.8 Å². The van der Waals surface area contributed by atoms with Crippen molar-refractivity contribution in [1.29, 1.82) is 0 Å². The van der Waals surface area contributed by atoms with E-state index in [2.05, 4.69) is 165 Å². The van der Waals surface area contributed by atoms with Crippen molar-refractivity contribution in [3.05, 3.63) is 132 Å². The molecule has 2 aliphatic heterocycles. The van der Waals surface area contributed by atoms with Gasteiger partial charge in [-0.1, -0.05) is 122 Å². The summed E-state index contributed by atoms with van der Waals surface area (Å²) in [6.07, 6.45) is 0. The van der Waals surface area contributed by atoms with E-state index in [1.807, 2.05) is 11.3 Å². The van der Waals surface area contributed by atoms with Crippen LogP contribution in [0.25, 0.3) is 19.5 Å². The van der Waals surface area contributed by atoms with Gasteiger partial charge in [0.2, 0.25) is 0 Å². The van der Waals surface area contributed by atoms with Crippen LogP contribution in [0.4, 0.5) is 17.1 Å². The standard InChI is InChI=1S/C39H32BNS2Si/c1-39(2)29-19-13-21-33-34(29)40(38-37(44(33,3)4)36-35(43-38)28-18-11-12-20-32(28)42-36)31-23-22-27(24-30(31)39)41(25-14-7-5-8-15-25)26-16-9-6-10-17-26/h5-24H,1-4H3. The van der Waals surface area contributed by atoms with Gasteiger partial charge in [0, 0.05) is 37.3 Å². The SMILES string of the molecule is CC1(C)c2cc(N(c3ccccc3)c3ccccc3)ccc2B2c3sc4c(sc5ccccc54)c3[Si](C)(C)c3cccc1c32. The molecule has 4 heterocycles. The molecule has 44 heavy (non-hydrogen) atoms. The van der Waals surface area contributed by atoms with Gasteiger partial charge in [0.25, 0.3) is 6.71 Å². The summed E-state index contributed by atoms with van der Waals surface area (Å²) in [5.41, 5.74) is 9.46. The molecule has 0 aliphatic carbocycles. The van der Waals surface area contributed by atoms with Gasteiger partial charge in [-0.3, -0.25) is 0 Å². The zero-order valence-electron chi connectivity index (χ0n) is 25.4. The van der Waals surface area contributed by atoms with Gasteiger partial charge < -0.3 is 4.90 Å². The number of benzene rings is 5. The van der Waals surface area contributed by atoms with Crippen LogP contribution in [0.2, 0.25) is 13.1 Å². The third kappa shape index (κ3) is 3.52. The van der Waals surface area contributed by atoms with E-state index < -0.39 is 8.07 Å². The van der Waals surface area contributed by atoms with E-state index in [1.54, 1.807) is 25.3 Å². The monoisotopic (exact) mass is 617 g/mol. The quantitative estimate of drug-likeness (QED) is 0.183. The van der Waals surface area contributed by atoms with Crippen LogP contribution in [0, 0.1) is 0 Å². The Labute approximate surface area is 268 Å². The molecule has 0 N–H and O–H groups in total. The van der Waals surface area contributed by atoms with E-state index >= 15 is 0 Å². The van der Waals surface area contributed by atoms with E-state index in [1.165, 1.54) is 48.4 Å². The molecule has 1 nitrogen and oxygen atoms in total. The maximum Gasteiger partial charge on any atom is 0.254 e. The van der Waals surface area contributed by atoms with Gasteiger partial charge in [-0.05, 0) is 63.6 Å². The second kappa shape index (κ2) is 9.31. The number of anilines is 3. The summed E-state index contributed by atoms with van der Waals surface area (Å²) in [5.74, 6) is 0. The topological polar surface area (TPSA) is 3.24 Å². The number of hydrogen-bond acceptors (Lipinski definition) is 3. The van der Waals surface area contributed by atoms with Gasteiger partial charge in [0.1, 0.15) is 8.07 Å². The number of nitrogens with zero attached hydrogens (tertiary/aromatic N) is 1. The fourth-order valence-electron chi connectivity index (χ4n) is 8.11. The second-order valence-electron chi connectivity index (χ2n) is 13.3. The number of rotatable bonds is 3. The van der Waals surface area contributed by atoms with Gasteiger partial charge in [0.15, 0.2) is 0 Å². The van der Waals surface area contributed by atoms with Gasteiger partial charge in [-0.2, -0.15) is 0 Å². The average Bonchev–Trinajstić information content (AvgIpc) is 3.59. The summed E-state index contributed by atoms with van der Waals surface area (Å²) < 4.78 is 6.05. The first-order chi connectivity index (χ1) is 21.4. The fraction of sp³-hybridized carbons (Fsp3) is 0.128. The lowest BCUT2D eigenvalue weighted by atomic mass is 9.33. The van der Waals surface area contributed by atoms with E-state index in [0.29, 0.717) is 0 Å². The van der Waals surface area contributed by atoms with Crippen LogP contribution >= 0.6 is 22.7 Å². The minimum absolute atomic E-state index is 0.116. The average molecular weight is 618 g/mol. The molecule has 2 aromatic heterocycles. The lowest BCUT2D eigenvalue weighted by molar-refractivity contribution is 0.646. The first-order valence-electron chi connectivity index (χ1n) is 15.5. The molecule has 0 spiro atoms. The lowest BCUT2D eigenvalue weighted by Gasteiger charge is -2.45. The first kappa shape index (κ1) is 26.5. The number of thiophene rings is 2. The Bertz CT molecular complexity index is 2210. The predicted octanol–water partition coefficient (Wildman–Crippen LogP) is 7.88. The minimum Gasteiger partial charge on any atom is -0.310 e. The van der Waals surface area contributed by atoms with Gasteiger partial charge in [0.05, 0.1) is 4.70 Å². The molecule has 5 aromatic carbocycles. The molecule has 0 saturated carbocycles. The third-order valence-corrected chi connectivity index (χ3v) is 16.7. The van der Waals surface area contributed by atoms with Crippen molar-refractivity contribution in [1.82, 2.24) is 0 Å². The van der Waals surface area contributed by atoms with Crippen LogP contribution in [0.15, 0.2) is 121 Å². The molecule has 7 aromatic rings. The normalized spacial score (nSPS) is 15.6. The summed E-state index contributed by atoms with van der Waals surface area (Å²) in [6, 6.07) is 45.1. The number of para-hydroxylation sites is 2. The second-order valence-corrected chi connectivity index (χ2v) is 19.7. The largest absolute Gasteiger partial charge is 0.310 e. The summed E-state index contributed by atoms with van der Waals surface area (Å²) in [6.45, 7) is 10.4. The summed E-state index contributed by atoms with van der Waals surface area (Å²) >= 11 is 4.10. The Balaban J connectivity index is 1.32. The van der Waals surface area contributed by atoms with Crippen LogP contribution in [0.1, 0.15) is 25.0 Å². The minimum atomic E-state index is -1.95. The van der Waals surface area contributed by atoms with Crippen LogP contribution < -0.4 is 31.0 Å². The third-order valence-electron chi connectivity index (χ3n) is 10.2. The molecule has 0 bridgehead atoms. The smallest absolute Gasteiger partial charge is 0.254 e. The summed E-state index contributed by atoms with van der Waals surface area (Å²) in [5, 5.41) is 4.73. The fourth-order valence-corrected chi connectivity index (χ4v) is 15.9. The molecule has 5 heteroatoms. The highest BCUT2D eigenvalue weighted by Gasteiger charge is 2.50. The number of fused-ring (bicyclic) bond motifs is 8. The molecule has 212 valence electrons. The highest BCUT2D eigenvalue weighted by molar-refractivity contribution is 7.43. The molecule has 2 aliphatic rings. The van der Waals surface area contributed by atoms with Crippen LogP contribution in [0.3, 0.4) is 0 Å². The van der Waals surface area contributed by atoms with Crippen LogP contribution in [-0.2, 0) is 5.41 Å². The molecular formula is C39H32BNS2Si. The molecular weight excluding hydrogens is 585 g/mol. The molecule has 0 unspecified atom stereocenters. The Morgan fingerprint density at radius 1 is 0.636 bits per heavy atom. The van der Waals surface area contributed by atoms with E-state index in [0.717, 1.165) is 0 Å². The Hall–Kier alpha value is -3.90.